The fraction of sp³-hybridized carbons (Fsp3) is 0.412. The lowest BCUT2D eigenvalue weighted by atomic mass is 10.3. The van der Waals surface area contributed by atoms with E-state index in [-0.39, 0.29) is 12.1 Å². The third kappa shape index (κ3) is 3.96. The number of benzene rings is 1. The molecule has 0 spiro atoms. The van der Waals surface area contributed by atoms with Crippen molar-refractivity contribution in [1.82, 2.24) is 30.0 Å². The van der Waals surface area contributed by atoms with E-state index in [1.165, 1.54) is 0 Å². The molecule has 8 nitrogen and oxygen atoms in total. The Bertz CT molecular complexity index is 821. The molecule has 3 aromatic rings. The normalized spacial score (nSPS) is 11.2. The lowest BCUT2D eigenvalue weighted by Crippen LogP contribution is -2.38. The lowest BCUT2D eigenvalue weighted by molar-refractivity contribution is 0.205. The molecule has 1 N–H and O–H groups in total. The summed E-state index contributed by atoms with van der Waals surface area (Å²) < 4.78 is 7.59. The van der Waals surface area contributed by atoms with Crippen molar-refractivity contribution in [3.05, 3.63) is 42.3 Å². The third-order valence-electron chi connectivity index (χ3n) is 3.88. The van der Waals surface area contributed by atoms with Gasteiger partial charge in [0.1, 0.15) is 11.8 Å². The molecule has 3 rings (SSSR count). The maximum Gasteiger partial charge on any atom is 0.317 e. The molecule has 1 aromatic carbocycles. The van der Waals surface area contributed by atoms with Crippen molar-refractivity contribution in [2.75, 3.05) is 13.6 Å². The van der Waals surface area contributed by atoms with Gasteiger partial charge in [0, 0.05) is 26.1 Å². The van der Waals surface area contributed by atoms with Crippen molar-refractivity contribution in [1.29, 1.82) is 0 Å². The van der Waals surface area contributed by atoms with Gasteiger partial charge in [0.25, 0.3) is 0 Å². The first-order chi connectivity index (χ1) is 12.0. The second-order valence-corrected chi connectivity index (χ2v) is 6.16. The average molecular weight is 342 g/mol. The molecule has 8 heteroatoms. The summed E-state index contributed by atoms with van der Waals surface area (Å²) in [5.41, 5.74) is 1.59. The SMILES string of the molecule is CC(C)n1cnnc1CN(C)C(=O)NCCc1nc2ccccc2o1. The molecule has 0 bridgehead atoms. The molecule has 132 valence electrons. The largest absolute Gasteiger partial charge is 0.441 e. The van der Waals surface area contributed by atoms with Gasteiger partial charge in [-0.1, -0.05) is 12.1 Å². The number of urea groups is 1. The summed E-state index contributed by atoms with van der Waals surface area (Å²) >= 11 is 0. The fourth-order valence-electron chi connectivity index (χ4n) is 2.53. The van der Waals surface area contributed by atoms with Crippen LogP contribution in [-0.4, -0.2) is 44.3 Å². The Balaban J connectivity index is 1.50. The minimum atomic E-state index is -0.172. The Morgan fingerprint density at radius 2 is 2.16 bits per heavy atom. The van der Waals surface area contributed by atoms with Crippen molar-refractivity contribution < 1.29 is 9.21 Å². The van der Waals surface area contributed by atoms with E-state index in [0.29, 0.717) is 25.4 Å². The number of carbonyl (C=O) groups excluding carboxylic acids is 1. The van der Waals surface area contributed by atoms with E-state index in [1.807, 2.05) is 42.7 Å². The molecule has 2 heterocycles. The predicted molar refractivity (Wildman–Crippen MR) is 93.0 cm³/mol. The summed E-state index contributed by atoms with van der Waals surface area (Å²) in [4.78, 5) is 18.2. The third-order valence-corrected chi connectivity index (χ3v) is 3.88. The summed E-state index contributed by atoms with van der Waals surface area (Å²) in [5.74, 6) is 1.37. The van der Waals surface area contributed by atoms with Crippen molar-refractivity contribution in [3.8, 4) is 0 Å². The van der Waals surface area contributed by atoms with Gasteiger partial charge in [-0.2, -0.15) is 0 Å². The van der Waals surface area contributed by atoms with Gasteiger partial charge in [0.2, 0.25) is 0 Å². The van der Waals surface area contributed by atoms with Gasteiger partial charge >= 0.3 is 6.03 Å². The molecular formula is C17H22N6O2. The topological polar surface area (TPSA) is 89.1 Å². The van der Waals surface area contributed by atoms with Crippen LogP contribution in [0.1, 0.15) is 31.6 Å². The number of rotatable bonds is 6. The highest BCUT2D eigenvalue weighted by Crippen LogP contribution is 2.14. The zero-order valence-electron chi connectivity index (χ0n) is 14.6. The van der Waals surface area contributed by atoms with Gasteiger partial charge in [0.05, 0.1) is 6.54 Å². The van der Waals surface area contributed by atoms with Gasteiger partial charge in [0.15, 0.2) is 17.3 Å². The Labute approximate surface area is 145 Å². The van der Waals surface area contributed by atoms with E-state index in [1.54, 1.807) is 18.3 Å². The average Bonchev–Trinajstić information content (AvgIpc) is 3.20. The predicted octanol–water partition coefficient (Wildman–Crippen LogP) is 2.38. The Morgan fingerprint density at radius 1 is 1.36 bits per heavy atom. The summed E-state index contributed by atoms with van der Waals surface area (Å²) in [5, 5.41) is 10.9. The molecule has 0 aliphatic heterocycles. The maximum atomic E-state index is 12.2. The smallest absolute Gasteiger partial charge is 0.317 e. The molecule has 0 radical (unpaired) electrons. The standard InChI is InChI=1S/C17H22N6O2/c1-12(2)23-11-19-21-15(23)10-22(3)17(24)18-9-8-16-20-13-6-4-5-7-14(13)25-16/h4-7,11-12H,8-10H2,1-3H3,(H,18,24). The van der Waals surface area contributed by atoms with Crippen LogP contribution in [0.3, 0.4) is 0 Å². The first-order valence-electron chi connectivity index (χ1n) is 8.26. The minimum absolute atomic E-state index is 0.172. The first-order valence-corrected chi connectivity index (χ1v) is 8.26. The van der Waals surface area contributed by atoms with Crippen LogP contribution in [0.5, 0.6) is 0 Å². The summed E-state index contributed by atoms with van der Waals surface area (Å²) in [6.07, 6.45) is 2.22. The molecule has 0 atom stereocenters. The van der Waals surface area contributed by atoms with Crippen LogP contribution >= 0.6 is 0 Å². The van der Waals surface area contributed by atoms with Crippen molar-refractivity contribution in [3.63, 3.8) is 0 Å². The number of nitrogens with one attached hydrogen (secondary N) is 1. The van der Waals surface area contributed by atoms with Crippen LogP contribution < -0.4 is 5.32 Å². The molecule has 0 fully saturated rings. The molecular weight excluding hydrogens is 320 g/mol. The van der Waals surface area contributed by atoms with E-state index < -0.39 is 0 Å². The molecule has 0 unspecified atom stereocenters. The molecule has 0 saturated heterocycles. The summed E-state index contributed by atoms with van der Waals surface area (Å²) in [6.45, 7) is 4.94. The van der Waals surface area contributed by atoms with E-state index in [9.17, 15) is 4.79 Å². The zero-order chi connectivity index (χ0) is 17.8. The van der Waals surface area contributed by atoms with Crippen LogP contribution in [-0.2, 0) is 13.0 Å². The molecule has 2 amide bonds. The summed E-state index contributed by atoms with van der Waals surface area (Å²) in [7, 11) is 1.73. The minimum Gasteiger partial charge on any atom is -0.441 e. The van der Waals surface area contributed by atoms with Crippen molar-refractivity contribution in [2.24, 2.45) is 0 Å². The molecule has 25 heavy (non-hydrogen) atoms. The first kappa shape index (κ1) is 16.9. The van der Waals surface area contributed by atoms with Gasteiger partial charge < -0.3 is 19.2 Å². The van der Waals surface area contributed by atoms with E-state index in [2.05, 4.69) is 20.5 Å². The van der Waals surface area contributed by atoms with Crippen LogP contribution in [0, 0.1) is 0 Å². The monoisotopic (exact) mass is 342 g/mol. The number of aromatic nitrogens is 4. The highest BCUT2D eigenvalue weighted by atomic mass is 16.3. The quantitative estimate of drug-likeness (QED) is 0.743. The molecule has 0 aliphatic carbocycles. The number of hydrogen-bond acceptors (Lipinski definition) is 5. The number of oxazole rings is 1. The Hall–Kier alpha value is -2.90. The number of amides is 2. The number of carbonyl (C=O) groups is 1. The lowest BCUT2D eigenvalue weighted by Gasteiger charge is -2.18. The fourth-order valence-corrected chi connectivity index (χ4v) is 2.53. The van der Waals surface area contributed by atoms with Gasteiger partial charge in [-0.25, -0.2) is 9.78 Å². The molecule has 2 aromatic heterocycles. The van der Waals surface area contributed by atoms with Gasteiger partial charge in [-0.3, -0.25) is 0 Å². The zero-order valence-corrected chi connectivity index (χ0v) is 14.6. The number of para-hydroxylation sites is 2. The van der Waals surface area contributed by atoms with Gasteiger partial charge in [-0.05, 0) is 26.0 Å². The van der Waals surface area contributed by atoms with Crippen LogP contribution in [0.15, 0.2) is 35.0 Å². The number of fused-ring (bicyclic) bond motifs is 1. The maximum absolute atomic E-state index is 12.2. The van der Waals surface area contributed by atoms with Gasteiger partial charge in [-0.15, -0.1) is 10.2 Å². The van der Waals surface area contributed by atoms with E-state index in [4.69, 9.17) is 4.42 Å². The van der Waals surface area contributed by atoms with Crippen LogP contribution in [0.4, 0.5) is 4.79 Å². The highest BCUT2D eigenvalue weighted by Gasteiger charge is 2.14. The second kappa shape index (κ2) is 7.33. The van der Waals surface area contributed by atoms with E-state index in [0.717, 1.165) is 16.9 Å². The number of nitrogens with zero attached hydrogens (tertiary/aromatic N) is 5. The van der Waals surface area contributed by atoms with Crippen molar-refractivity contribution in [2.45, 2.75) is 32.9 Å². The molecule has 0 saturated carbocycles. The van der Waals surface area contributed by atoms with Crippen LogP contribution in [0.25, 0.3) is 11.1 Å². The van der Waals surface area contributed by atoms with Crippen molar-refractivity contribution >= 4 is 17.1 Å². The molecule has 0 aliphatic rings. The van der Waals surface area contributed by atoms with E-state index >= 15 is 0 Å². The Kier molecular flexibility index (Phi) is 4.97. The summed E-state index contributed by atoms with van der Waals surface area (Å²) in [6, 6.07) is 7.68. The second-order valence-electron chi connectivity index (χ2n) is 6.16. The highest BCUT2D eigenvalue weighted by molar-refractivity contribution is 5.74. The number of hydrogen-bond donors (Lipinski definition) is 1. The Morgan fingerprint density at radius 3 is 2.92 bits per heavy atom. The van der Waals surface area contributed by atoms with Crippen LogP contribution in [0.2, 0.25) is 0 Å².